The molecule has 1 nitrogen and oxygen atoms in total. The number of rotatable bonds is 5. The topological polar surface area (TPSA) is 9.23 Å². The zero-order chi connectivity index (χ0) is 18.6. The Kier molecular flexibility index (Phi) is 5.08. The van der Waals surface area contributed by atoms with Crippen molar-refractivity contribution < 1.29 is 4.74 Å². The van der Waals surface area contributed by atoms with Crippen LogP contribution in [0.3, 0.4) is 0 Å². The smallest absolute Gasteiger partial charge is 0.119 e. The number of methoxy groups -OCH3 is 1. The Balaban J connectivity index is 1.77. The first-order chi connectivity index (χ1) is 13.3. The van der Waals surface area contributed by atoms with Crippen molar-refractivity contribution in [3.63, 3.8) is 0 Å². The summed E-state index contributed by atoms with van der Waals surface area (Å²) in [5, 5.41) is 5.48. The zero-order valence-electron chi connectivity index (χ0n) is 15.8. The highest BCUT2D eigenvalue weighted by Crippen LogP contribution is 2.26. The molecule has 0 spiro atoms. The molecule has 0 aliphatic carbocycles. The van der Waals surface area contributed by atoms with E-state index >= 15 is 0 Å². The molecule has 4 aromatic carbocycles. The van der Waals surface area contributed by atoms with Crippen LogP contribution < -0.4 is 15.1 Å². The highest BCUT2D eigenvalue weighted by molar-refractivity contribution is 6.86. The van der Waals surface area contributed by atoms with Crippen LogP contribution in [-0.2, 0) is 0 Å². The van der Waals surface area contributed by atoms with E-state index < -0.39 is 8.80 Å². The number of hydrogen-bond acceptors (Lipinski definition) is 1. The third-order valence-corrected chi connectivity index (χ3v) is 9.01. The van der Waals surface area contributed by atoms with Gasteiger partial charge in [-0.3, -0.25) is 0 Å². The van der Waals surface area contributed by atoms with E-state index in [1.54, 1.807) is 7.11 Å². The number of ether oxygens (including phenoxy) is 1. The van der Waals surface area contributed by atoms with Gasteiger partial charge in [-0.05, 0) is 34.0 Å². The number of benzene rings is 4. The summed E-state index contributed by atoms with van der Waals surface area (Å²) in [5.41, 5.74) is 1.92. The van der Waals surface area contributed by atoms with Crippen molar-refractivity contribution in [1.29, 1.82) is 0 Å². The summed E-state index contributed by atoms with van der Waals surface area (Å²) in [6.07, 6.45) is 0. The lowest BCUT2D eigenvalue weighted by molar-refractivity contribution is 0.415. The molecular formula is C25H24OSi. The fraction of sp³-hybridized carbons (Fsp3) is 0.120. The molecule has 4 rings (SSSR count). The summed E-state index contributed by atoms with van der Waals surface area (Å²) in [4.78, 5) is 0. The second-order valence-electron chi connectivity index (χ2n) is 7.06. The third kappa shape index (κ3) is 3.67. The van der Waals surface area contributed by atoms with E-state index in [9.17, 15) is 0 Å². The van der Waals surface area contributed by atoms with E-state index in [4.69, 9.17) is 4.74 Å². The average Bonchev–Trinajstić information content (AvgIpc) is 2.74. The standard InChI is InChI=1S/C25H24OSi/c1-19(20-13-14-22-18-23(26-2)16-15-21(22)17-20)27(24-9-5-3-6-10-24)25-11-7-4-8-12-25/h3-19,27H,1-2H3/t19-/m1/s1. The number of hydrogen-bond donors (Lipinski definition) is 0. The van der Waals surface area contributed by atoms with E-state index in [1.165, 1.54) is 26.7 Å². The van der Waals surface area contributed by atoms with E-state index in [1.807, 2.05) is 6.07 Å². The average molecular weight is 369 g/mol. The molecule has 0 saturated carbocycles. The SMILES string of the molecule is COc1ccc2cc([C@@H](C)[SiH](c3ccccc3)c3ccccc3)ccc2c1. The summed E-state index contributed by atoms with van der Waals surface area (Å²) >= 11 is 0. The highest BCUT2D eigenvalue weighted by Gasteiger charge is 2.24. The first kappa shape index (κ1) is 17.6. The van der Waals surface area contributed by atoms with Crippen LogP contribution in [0.5, 0.6) is 5.75 Å². The van der Waals surface area contributed by atoms with E-state index in [-0.39, 0.29) is 0 Å². The van der Waals surface area contributed by atoms with Crippen LogP contribution in [0.2, 0.25) is 0 Å². The first-order valence-corrected chi connectivity index (χ1v) is 11.3. The lowest BCUT2D eigenvalue weighted by Gasteiger charge is -2.24. The molecule has 0 aliphatic heterocycles. The Bertz CT molecular complexity index is 988. The molecule has 4 aromatic rings. The van der Waals surface area contributed by atoms with Crippen molar-refractivity contribution in [1.82, 2.24) is 0 Å². The van der Waals surface area contributed by atoms with Crippen LogP contribution >= 0.6 is 0 Å². The van der Waals surface area contributed by atoms with Gasteiger partial charge in [0.05, 0.1) is 7.11 Å². The van der Waals surface area contributed by atoms with Gasteiger partial charge in [-0.2, -0.15) is 0 Å². The molecule has 2 heteroatoms. The molecule has 0 bridgehead atoms. The summed E-state index contributed by atoms with van der Waals surface area (Å²) in [6.45, 7) is 2.39. The minimum absolute atomic E-state index is 0.501. The van der Waals surface area contributed by atoms with Crippen LogP contribution in [0.1, 0.15) is 18.0 Å². The van der Waals surface area contributed by atoms with Crippen molar-refractivity contribution in [3.05, 3.63) is 103 Å². The van der Waals surface area contributed by atoms with Crippen molar-refractivity contribution in [2.45, 2.75) is 12.5 Å². The van der Waals surface area contributed by atoms with Gasteiger partial charge < -0.3 is 4.74 Å². The maximum Gasteiger partial charge on any atom is 0.119 e. The van der Waals surface area contributed by atoms with Crippen LogP contribution in [0.25, 0.3) is 10.8 Å². The molecule has 27 heavy (non-hydrogen) atoms. The zero-order valence-corrected chi connectivity index (χ0v) is 17.0. The van der Waals surface area contributed by atoms with Gasteiger partial charge in [0.15, 0.2) is 0 Å². The Hall–Kier alpha value is -2.84. The van der Waals surface area contributed by atoms with Gasteiger partial charge in [0.1, 0.15) is 14.5 Å². The molecule has 0 saturated heterocycles. The van der Waals surface area contributed by atoms with Crippen LogP contribution in [0.4, 0.5) is 0 Å². The largest absolute Gasteiger partial charge is 0.497 e. The molecule has 0 N–H and O–H groups in total. The number of fused-ring (bicyclic) bond motifs is 1. The van der Waals surface area contributed by atoms with Crippen molar-refractivity contribution in [2.75, 3.05) is 7.11 Å². The fourth-order valence-electron chi connectivity index (χ4n) is 3.94. The maximum absolute atomic E-state index is 5.36. The molecule has 0 fully saturated rings. The first-order valence-electron chi connectivity index (χ1n) is 9.44. The molecule has 134 valence electrons. The summed E-state index contributed by atoms with van der Waals surface area (Å²) in [7, 11) is 0.324. The molecule has 0 unspecified atom stereocenters. The molecular weight excluding hydrogens is 344 g/mol. The van der Waals surface area contributed by atoms with Gasteiger partial charge in [0.2, 0.25) is 0 Å². The second kappa shape index (κ2) is 7.81. The van der Waals surface area contributed by atoms with Crippen molar-refractivity contribution in [3.8, 4) is 5.75 Å². The Morgan fingerprint density at radius 2 is 1.22 bits per heavy atom. The van der Waals surface area contributed by atoms with Gasteiger partial charge in [-0.25, -0.2) is 0 Å². The molecule has 0 heterocycles. The molecule has 0 amide bonds. The second-order valence-corrected chi connectivity index (χ2v) is 10.3. The highest BCUT2D eigenvalue weighted by atomic mass is 28.3. The van der Waals surface area contributed by atoms with Crippen LogP contribution in [0.15, 0.2) is 97.1 Å². The third-order valence-electron chi connectivity index (χ3n) is 5.41. The monoisotopic (exact) mass is 368 g/mol. The molecule has 0 aromatic heterocycles. The Labute approximate surface area is 162 Å². The molecule has 0 radical (unpaired) electrons. The maximum atomic E-state index is 5.36. The molecule has 0 aliphatic rings. The van der Waals surface area contributed by atoms with Gasteiger partial charge >= 0.3 is 0 Å². The van der Waals surface area contributed by atoms with Gasteiger partial charge in [-0.1, -0.05) is 102 Å². The Morgan fingerprint density at radius 1 is 0.667 bits per heavy atom. The normalized spacial score (nSPS) is 12.3. The van der Waals surface area contributed by atoms with Gasteiger partial charge in [0, 0.05) is 0 Å². The van der Waals surface area contributed by atoms with Crippen LogP contribution in [0, 0.1) is 0 Å². The van der Waals surface area contributed by atoms with E-state index in [0.717, 1.165) is 5.75 Å². The van der Waals surface area contributed by atoms with Gasteiger partial charge in [0.25, 0.3) is 0 Å². The Morgan fingerprint density at radius 3 is 1.81 bits per heavy atom. The summed E-state index contributed by atoms with van der Waals surface area (Å²) in [5.74, 6) is 0.907. The summed E-state index contributed by atoms with van der Waals surface area (Å²) < 4.78 is 5.36. The van der Waals surface area contributed by atoms with Crippen molar-refractivity contribution in [2.24, 2.45) is 0 Å². The summed E-state index contributed by atoms with van der Waals surface area (Å²) in [6, 6.07) is 35.2. The quantitative estimate of drug-likeness (QED) is 0.470. The predicted octanol–water partition coefficient (Wildman–Crippen LogP) is 4.53. The van der Waals surface area contributed by atoms with Crippen molar-refractivity contribution >= 4 is 29.9 Å². The lowest BCUT2D eigenvalue weighted by atomic mass is 10.1. The molecule has 1 atom stereocenters. The van der Waals surface area contributed by atoms with E-state index in [0.29, 0.717) is 5.54 Å². The van der Waals surface area contributed by atoms with Crippen LogP contribution in [-0.4, -0.2) is 15.9 Å². The predicted molar refractivity (Wildman–Crippen MR) is 118 cm³/mol. The van der Waals surface area contributed by atoms with Gasteiger partial charge in [-0.15, -0.1) is 0 Å². The minimum atomic E-state index is -1.39. The lowest BCUT2D eigenvalue weighted by Crippen LogP contribution is -2.46. The fourth-order valence-corrected chi connectivity index (χ4v) is 7.34. The minimum Gasteiger partial charge on any atom is -0.497 e. The van der Waals surface area contributed by atoms with E-state index in [2.05, 4.69) is 97.9 Å².